The van der Waals surface area contributed by atoms with Crippen molar-refractivity contribution in [3.63, 3.8) is 0 Å². The van der Waals surface area contributed by atoms with Crippen LogP contribution in [0.2, 0.25) is 0 Å². The van der Waals surface area contributed by atoms with Crippen LogP contribution in [-0.4, -0.2) is 35.7 Å². The molecule has 1 aromatic rings. The number of amides is 1. The van der Waals surface area contributed by atoms with Gasteiger partial charge < -0.3 is 15.0 Å². The molecule has 132 valence electrons. The van der Waals surface area contributed by atoms with Crippen molar-refractivity contribution in [1.82, 2.24) is 5.32 Å². The summed E-state index contributed by atoms with van der Waals surface area (Å²) in [6, 6.07) is 5.14. The van der Waals surface area contributed by atoms with E-state index in [0.29, 0.717) is 12.2 Å². The number of nitro groups is 1. The number of nitro benzene ring substituents is 1. The summed E-state index contributed by atoms with van der Waals surface area (Å²) in [4.78, 5) is 24.9. The minimum atomic E-state index is -0.547. The first kappa shape index (κ1) is 18.0. The molecule has 2 rings (SSSR count). The van der Waals surface area contributed by atoms with Crippen LogP contribution in [0.15, 0.2) is 18.2 Å². The number of alkyl carbamates (subject to hydrolysis) is 1. The molecule has 24 heavy (non-hydrogen) atoms. The van der Waals surface area contributed by atoms with E-state index in [2.05, 4.69) is 5.32 Å². The van der Waals surface area contributed by atoms with Gasteiger partial charge in [-0.15, -0.1) is 0 Å². The number of nitrogens with one attached hydrogen (secondary N) is 1. The molecule has 1 aliphatic rings. The second-order valence-electron chi connectivity index (χ2n) is 7.18. The van der Waals surface area contributed by atoms with Gasteiger partial charge in [-0.2, -0.15) is 0 Å². The predicted octanol–water partition coefficient (Wildman–Crippen LogP) is 3.40. The number of hydrogen-bond donors (Lipinski definition) is 1. The maximum atomic E-state index is 11.9. The first-order valence-corrected chi connectivity index (χ1v) is 8.15. The highest BCUT2D eigenvalue weighted by Gasteiger charge is 2.27. The van der Waals surface area contributed by atoms with Gasteiger partial charge in [0.1, 0.15) is 11.3 Å². The van der Waals surface area contributed by atoms with E-state index in [-0.39, 0.29) is 16.7 Å². The second-order valence-corrected chi connectivity index (χ2v) is 7.18. The highest BCUT2D eigenvalue weighted by Crippen LogP contribution is 2.31. The van der Waals surface area contributed by atoms with Gasteiger partial charge in [0.05, 0.1) is 4.92 Å². The second kappa shape index (κ2) is 7.07. The maximum absolute atomic E-state index is 11.9. The lowest BCUT2D eigenvalue weighted by atomic mass is 10.0. The molecule has 0 aliphatic carbocycles. The Morgan fingerprint density at radius 2 is 2.12 bits per heavy atom. The number of carbonyl (C=O) groups excluding carboxylic acids is 1. The van der Waals surface area contributed by atoms with E-state index in [4.69, 9.17) is 4.74 Å². The Hall–Kier alpha value is -2.31. The number of hydrogen-bond acceptors (Lipinski definition) is 5. The van der Waals surface area contributed by atoms with E-state index in [1.54, 1.807) is 12.1 Å². The SMILES string of the molecule is Cc1ccc(N2CCCC(NC(=O)OC(C)(C)C)C2)c([N+](=O)[O-])c1. The molecule has 7 heteroatoms. The Morgan fingerprint density at radius 1 is 1.42 bits per heavy atom. The number of rotatable bonds is 3. The van der Waals surface area contributed by atoms with Crippen molar-refractivity contribution in [1.29, 1.82) is 0 Å². The smallest absolute Gasteiger partial charge is 0.407 e. The van der Waals surface area contributed by atoms with Crippen LogP contribution in [0.3, 0.4) is 0 Å². The molecule has 0 aromatic heterocycles. The zero-order valence-electron chi connectivity index (χ0n) is 14.7. The molecule has 1 aliphatic heterocycles. The summed E-state index contributed by atoms with van der Waals surface area (Å²) < 4.78 is 5.28. The lowest BCUT2D eigenvalue weighted by Gasteiger charge is -2.34. The van der Waals surface area contributed by atoms with Crippen molar-refractivity contribution >= 4 is 17.5 Å². The summed E-state index contributed by atoms with van der Waals surface area (Å²) >= 11 is 0. The highest BCUT2D eigenvalue weighted by molar-refractivity contribution is 5.69. The van der Waals surface area contributed by atoms with Crippen molar-refractivity contribution in [2.45, 2.75) is 52.2 Å². The molecule has 1 aromatic carbocycles. The fourth-order valence-corrected chi connectivity index (χ4v) is 2.84. The first-order valence-electron chi connectivity index (χ1n) is 8.15. The zero-order valence-corrected chi connectivity index (χ0v) is 14.7. The predicted molar refractivity (Wildman–Crippen MR) is 92.4 cm³/mol. The van der Waals surface area contributed by atoms with E-state index in [1.807, 2.05) is 38.7 Å². The molecular weight excluding hydrogens is 310 g/mol. The Bertz CT molecular complexity index is 625. The van der Waals surface area contributed by atoms with Gasteiger partial charge >= 0.3 is 6.09 Å². The van der Waals surface area contributed by atoms with Crippen molar-refractivity contribution in [2.75, 3.05) is 18.0 Å². The van der Waals surface area contributed by atoms with Crippen LogP contribution >= 0.6 is 0 Å². The quantitative estimate of drug-likeness (QED) is 0.676. The molecule has 0 saturated carbocycles. The van der Waals surface area contributed by atoms with Crippen LogP contribution in [0, 0.1) is 17.0 Å². The van der Waals surface area contributed by atoms with Gasteiger partial charge in [0, 0.05) is 25.2 Å². The number of piperidine rings is 1. The Kier molecular flexibility index (Phi) is 5.31. The molecule has 0 spiro atoms. The molecule has 0 radical (unpaired) electrons. The molecule has 1 unspecified atom stereocenters. The summed E-state index contributed by atoms with van der Waals surface area (Å²) in [5, 5.41) is 14.2. The molecule has 1 fully saturated rings. The Morgan fingerprint density at radius 3 is 2.75 bits per heavy atom. The monoisotopic (exact) mass is 335 g/mol. The van der Waals surface area contributed by atoms with Gasteiger partial charge in [0.25, 0.3) is 5.69 Å². The molecule has 1 N–H and O–H groups in total. The molecule has 0 bridgehead atoms. The molecule has 1 amide bonds. The standard InChI is InChI=1S/C17H25N3O4/c1-12-7-8-14(15(10-12)20(22)23)19-9-5-6-13(11-19)18-16(21)24-17(2,3)4/h7-8,10,13H,5-6,9,11H2,1-4H3,(H,18,21). The number of carbonyl (C=O) groups is 1. The van der Waals surface area contributed by atoms with E-state index in [0.717, 1.165) is 24.9 Å². The average molecular weight is 335 g/mol. The summed E-state index contributed by atoms with van der Waals surface area (Å²) in [6.07, 6.45) is 1.23. The molecule has 1 atom stereocenters. The van der Waals surface area contributed by atoms with Gasteiger partial charge in [0.2, 0.25) is 0 Å². The number of nitrogens with zero attached hydrogens (tertiary/aromatic N) is 2. The van der Waals surface area contributed by atoms with Crippen molar-refractivity contribution in [3.8, 4) is 0 Å². The van der Waals surface area contributed by atoms with Gasteiger partial charge in [-0.25, -0.2) is 4.79 Å². The van der Waals surface area contributed by atoms with Crippen molar-refractivity contribution < 1.29 is 14.5 Å². The third-order valence-electron chi connectivity index (χ3n) is 3.81. The Balaban J connectivity index is 2.08. The molecular formula is C17H25N3O4. The molecule has 1 saturated heterocycles. The number of aryl methyl sites for hydroxylation is 1. The normalized spacial score (nSPS) is 18.2. The van der Waals surface area contributed by atoms with Crippen LogP contribution in [0.5, 0.6) is 0 Å². The lowest BCUT2D eigenvalue weighted by molar-refractivity contribution is -0.384. The fourth-order valence-electron chi connectivity index (χ4n) is 2.84. The maximum Gasteiger partial charge on any atom is 0.407 e. The minimum Gasteiger partial charge on any atom is -0.444 e. The van der Waals surface area contributed by atoms with Crippen molar-refractivity contribution in [2.24, 2.45) is 0 Å². The van der Waals surface area contributed by atoms with Gasteiger partial charge in [0.15, 0.2) is 0 Å². The minimum absolute atomic E-state index is 0.0884. The number of anilines is 1. The van der Waals surface area contributed by atoms with Crippen LogP contribution < -0.4 is 10.2 Å². The largest absolute Gasteiger partial charge is 0.444 e. The molecule has 7 nitrogen and oxygen atoms in total. The van der Waals surface area contributed by atoms with Crippen LogP contribution in [-0.2, 0) is 4.74 Å². The van der Waals surface area contributed by atoms with Crippen LogP contribution in [0.25, 0.3) is 0 Å². The molecule has 1 heterocycles. The first-order chi connectivity index (χ1) is 11.2. The summed E-state index contributed by atoms with van der Waals surface area (Å²) in [5.41, 5.74) is 1.01. The van der Waals surface area contributed by atoms with Gasteiger partial charge in [-0.1, -0.05) is 6.07 Å². The van der Waals surface area contributed by atoms with E-state index in [1.165, 1.54) is 0 Å². The summed E-state index contributed by atoms with van der Waals surface area (Å²) in [5.74, 6) is 0. The third-order valence-corrected chi connectivity index (χ3v) is 3.81. The van der Waals surface area contributed by atoms with Crippen LogP contribution in [0.4, 0.5) is 16.2 Å². The zero-order chi connectivity index (χ0) is 17.9. The fraction of sp³-hybridized carbons (Fsp3) is 0.588. The highest BCUT2D eigenvalue weighted by atomic mass is 16.6. The average Bonchev–Trinajstić information content (AvgIpc) is 2.45. The summed E-state index contributed by atoms with van der Waals surface area (Å²) in [6.45, 7) is 8.54. The lowest BCUT2D eigenvalue weighted by Crippen LogP contribution is -2.49. The van der Waals surface area contributed by atoms with Crippen LogP contribution in [0.1, 0.15) is 39.2 Å². The Labute approximate surface area is 142 Å². The summed E-state index contributed by atoms with van der Waals surface area (Å²) in [7, 11) is 0. The third kappa shape index (κ3) is 4.84. The number of benzene rings is 1. The van der Waals surface area contributed by atoms with E-state index in [9.17, 15) is 14.9 Å². The topological polar surface area (TPSA) is 84.7 Å². The van der Waals surface area contributed by atoms with Gasteiger partial charge in [-0.05, 0) is 52.2 Å². The number of ether oxygens (including phenoxy) is 1. The van der Waals surface area contributed by atoms with E-state index >= 15 is 0 Å². The van der Waals surface area contributed by atoms with E-state index < -0.39 is 11.7 Å². The van der Waals surface area contributed by atoms with Gasteiger partial charge in [-0.3, -0.25) is 10.1 Å². The van der Waals surface area contributed by atoms with Crippen molar-refractivity contribution in [3.05, 3.63) is 33.9 Å².